The number of hydrogen-bond donors (Lipinski definition) is 1. The standard InChI is InChI=1S/C8H11N3/c1-8(2)4-10-6-3-9-5-11-7(6)8/h3,5,10H,4H2,1-2H3. The van der Waals surface area contributed by atoms with Crippen molar-refractivity contribution in [3.63, 3.8) is 0 Å². The number of hydrogen-bond acceptors (Lipinski definition) is 3. The average Bonchev–Trinajstić information content (AvgIpc) is 2.29. The number of fused-ring (bicyclic) bond motifs is 1. The molecule has 3 heteroatoms. The van der Waals surface area contributed by atoms with E-state index >= 15 is 0 Å². The molecule has 0 bridgehead atoms. The third-order valence-electron chi connectivity index (χ3n) is 2.07. The first kappa shape index (κ1) is 6.58. The zero-order chi connectivity index (χ0) is 7.90. The minimum atomic E-state index is 0.165. The predicted molar refractivity (Wildman–Crippen MR) is 43.5 cm³/mol. The Hall–Kier alpha value is -1.12. The van der Waals surface area contributed by atoms with Gasteiger partial charge in [0.2, 0.25) is 0 Å². The van der Waals surface area contributed by atoms with Crippen molar-refractivity contribution in [3.05, 3.63) is 18.2 Å². The first-order valence-electron chi connectivity index (χ1n) is 3.74. The molecule has 0 unspecified atom stereocenters. The molecular weight excluding hydrogens is 138 g/mol. The smallest absolute Gasteiger partial charge is 0.115 e. The maximum atomic E-state index is 4.24. The molecule has 1 N–H and O–H groups in total. The second-order valence-electron chi connectivity index (χ2n) is 3.52. The Bertz CT molecular complexity index is 280. The lowest BCUT2D eigenvalue weighted by Gasteiger charge is -2.14. The van der Waals surface area contributed by atoms with Crippen LogP contribution in [0.1, 0.15) is 19.5 Å². The van der Waals surface area contributed by atoms with Crippen LogP contribution in [-0.2, 0) is 5.41 Å². The third-order valence-corrected chi connectivity index (χ3v) is 2.07. The summed E-state index contributed by atoms with van der Waals surface area (Å²) < 4.78 is 0. The summed E-state index contributed by atoms with van der Waals surface area (Å²) in [5.41, 5.74) is 2.38. The van der Waals surface area contributed by atoms with Gasteiger partial charge in [0.25, 0.3) is 0 Å². The molecule has 0 saturated heterocycles. The van der Waals surface area contributed by atoms with Crippen LogP contribution in [0.2, 0.25) is 0 Å². The maximum absolute atomic E-state index is 4.24. The summed E-state index contributed by atoms with van der Waals surface area (Å²) in [6, 6.07) is 0. The summed E-state index contributed by atoms with van der Waals surface area (Å²) in [6.07, 6.45) is 3.44. The first-order chi connectivity index (χ1) is 5.20. The lowest BCUT2D eigenvalue weighted by Crippen LogP contribution is -2.19. The molecule has 0 aliphatic carbocycles. The van der Waals surface area contributed by atoms with Crippen molar-refractivity contribution in [3.8, 4) is 0 Å². The van der Waals surface area contributed by atoms with E-state index in [1.807, 2.05) is 6.20 Å². The van der Waals surface area contributed by atoms with Gasteiger partial charge in [-0.25, -0.2) is 9.97 Å². The molecular formula is C8H11N3. The van der Waals surface area contributed by atoms with E-state index < -0.39 is 0 Å². The monoisotopic (exact) mass is 149 g/mol. The van der Waals surface area contributed by atoms with E-state index in [2.05, 4.69) is 29.1 Å². The predicted octanol–water partition coefficient (Wildman–Crippen LogP) is 1.18. The van der Waals surface area contributed by atoms with Crippen molar-refractivity contribution in [2.24, 2.45) is 0 Å². The SMILES string of the molecule is CC1(C)CNc2cncnc21. The van der Waals surface area contributed by atoms with E-state index in [-0.39, 0.29) is 5.41 Å². The molecule has 1 aromatic rings. The van der Waals surface area contributed by atoms with Crippen LogP contribution in [0.4, 0.5) is 5.69 Å². The summed E-state index contributed by atoms with van der Waals surface area (Å²) in [4.78, 5) is 8.19. The van der Waals surface area contributed by atoms with Gasteiger partial charge in [0.05, 0.1) is 17.6 Å². The van der Waals surface area contributed by atoms with Crippen LogP contribution in [0, 0.1) is 0 Å². The van der Waals surface area contributed by atoms with Gasteiger partial charge in [0.15, 0.2) is 0 Å². The molecule has 0 fully saturated rings. The molecule has 0 spiro atoms. The Morgan fingerprint density at radius 1 is 1.55 bits per heavy atom. The van der Waals surface area contributed by atoms with E-state index in [4.69, 9.17) is 0 Å². The van der Waals surface area contributed by atoms with Gasteiger partial charge in [-0.1, -0.05) is 13.8 Å². The normalized spacial score (nSPS) is 19.1. The van der Waals surface area contributed by atoms with Gasteiger partial charge in [-0.2, -0.15) is 0 Å². The summed E-state index contributed by atoms with van der Waals surface area (Å²) in [7, 11) is 0. The lowest BCUT2D eigenvalue weighted by molar-refractivity contribution is 0.568. The Labute approximate surface area is 65.9 Å². The fraction of sp³-hybridized carbons (Fsp3) is 0.500. The van der Waals surface area contributed by atoms with Crippen molar-refractivity contribution in [2.75, 3.05) is 11.9 Å². The summed E-state index contributed by atoms with van der Waals surface area (Å²) in [5.74, 6) is 0. The molecule has 0 aromatic carbocycles. The maximum Gasteiger partial charge on any atom is 0.115 e. The average molecular weight is 149 g/mol. The van der Waals surface area contributed by atoms with E-state index in [0.717, 1.165) is 17.9 Å². The van der Waals surface area contributed by atoms with Crippen molar-refractivity contribution in [1.29, 1.82) is 0 Å². The Kier molecular flexibility index (Phi) is 1.16. The van der Waals surface area contributed by atoms with Crippen LogP contribution in [0.3, 0.4) is 0 Å². The van der Waals surface area contributed by atoms with E-state index in [1.54, 1.807) is 6.33 Å². The van der Waals surface area contributed by atoms with Crippen LogP contribution < -0.4 is 5.32 Å². The fourth-order valence-electron chi connectivity index (χ4n) is 1.40. The van der Waals surface area contributed by atoms with Gasteiger partial charge in [-0.3, -0.25) is 0 Å². The van der Waals surface area contributed by atoms with Crippen LogP contribution in [0.15, 0.2) is 12.5 Å². The second kappa shape index (κ2) is 1.94. The molecule has 3 nitrogen and oxygen atoms in total. The molecule has 58 valence electrons. The van der Waals surface area contributed by atoms with Crippen molar-refractivity contribution in [2.45, 2.75) is 19.3 Å². The highest BCUT2D eigenvalue weighted by Crippen LogP contribution is 2.32. The quantitative estimate of drug-likeness (QED) is 0.602. The van der Waals surface area contributed by atoms with Crippen molar-refractivity contribution < 1.29 is 0 Å². The molecule has 1 aliphatic rings. The molecule has 2 heterocycles. The number of rotatable bonds is 0. The van der Waals surface area contributed by atoms with Gasteiger partial charge in [-0.15, -0.1) is 0 Å². The highest BCUT2D eigenvalue weighted by molar-refractivity contribution is 5.54. The van der Waals surface area contributed by atoms with Crippen LogP contribution >= 0.6 is 0 Å². The summed E-state index contributed by atoms with van der Waals surface area (Å²) in [5, 5.41) is 3.27. The second-order valence-corrected chi connectivity index (χ2v) is 3.52. The van der Waals surface area contributed by atoms with Gasteiger partial charge in [0, 0.05) is 12.0 Å². The molecule has 1 aliphatic heterocycles. The van der Waals surface area contributed by atoms with Crippen LogP contribution in [0.25, 0.3) is 0 Å². The van der Waals surface area contributed by atoms with Gasteiger partial charge >= 0.3 is 0 Å². The zero-order valence-corrected chi connectivity index (χ0v) is 6.76. The Balaban J connectivity index is 2.56. The molecule has 2 rings (SSSR count). The molecule has 0 atom stereocenters. The zero-order valence-electron chi connectivity index (χ0n) is 6.76. The minimum Gasteiger partial charge on any atom is -0.381 e. The lowest BCUT2D eigenvalue weighted by atomic mass is 9.92. The van der Waals surface area contributed by atoms with Crippen molar-refractivity contribution >= 4 is 5.69 Å². The van der Waals surface area contributed by atoms with Crippen LogP contribution in [-0.4, -0.2) is 16.5 Å². The molecule has 0 radical (unpaired) electrons. The number of nitrogens with one attached hydrogen (secondary N) is 1. The topological polar surface area (TPSA) is 37.8 Å². The number of anilines is 1. The van der Waals surface area contributed by atoms with Crippen LogP contribution in [0.5, 0.6) is 0 Å². The summed E-state index contributed by atoms with van der Waals surface area (Å²) in [6.45, 7) is 5.32. The Morgan fingerprint density at radius 3 is 3.09 bits per heavy atom. The van der Waals surface area contributed by atoms with E-state index in [0.29, 0.717) is 0 Å². The molecule has 0 saturated carbocycles. The van der Waals surface area contributed by atoms with Gasteiger partial charge in [-0.05, 0) is 0 Å². The highest BCUT2D eigenvalue weighted by atomic mass is 15.0. The van der Waals surface area contributed by atoms with Gasteiger partial charge < -0.3 is 5.32 Å². The number of aromatic nitrogens is 2. The largest absolute Gasteiger partial charge is 0.381 e. The third kappa shape index (κ3) is 0.878. The Morgan fingerprint density at radius 2 is 2.36 bits per heavy atom. The molecule has 1 aromatic heterocycles. The van der Waals surface area contributed by atoms with E-state index in [1.165, 1.54) is 0 Å². The first-order valence-corrected chi connectivity index (χ1v) is 3.74. The van der Waals surface area contributed by atoms with Gasteiger partial charge in [0.1, 0.15) is 6.33 Å². The minimum absolute atomic E-state index is 0.165. The summed E-state index contributed by atoms with van der Waals surface area (Å²) >= 11 is 0. The molecule has 0 amide bonds. The molecule has 11 heavy (non-hydrogen) atoms. The highest BCUT2D eigenvalue weighted by Gasteiger charge is 2.30. The number of nitrogens with zero attached hydrogens (tertiary/aromatic N) is 2. The fourth-order valence-corrected chi connectivity index (χ4v) is 1.40. The van der Waals surface area contributed by atoms with Crippen molar-refractivity contribution in [1.82, 2.24) is 9.97 Å². The van der Waals surface area contributed by atoms with E-state index in [9.17, 15) is 0 Å².